The molecule has 10 heteroatoms. The Morgan fingerprint density at radius 3 is 2.32 bits per heavy atom. The first-order valence-electron chi connectivity index (χ1n) is 10.2. The minimum Gasteiger partial charge on any atom is -0.318 e. The van der Waals surface area contributed by atoms with Gasteiger partial charge in [0, 0.05) is 23.0 Å². The molecule has 1 aliphatic heterocycles. The number of carbonyl (C=O) groups is 2. The average molecular weight is 479 g/mol. The quantitative estimate of drug-likeness (QED) is 0.198. The van der Waals surface area contributed by atoms with Gasteiger partial charge in [0.15, 0.2) is 5.11 Å². The van der Waals surface area contributed by atoms with Crippen molar-refractivity contribution in [2.24, 2.45) is 0 Å². The van der Waals surface area contributed by atoms with E-state index in [0.717, 1.165) is 10.6 Å². The fraction of sp³-hybridized carbons (Fsp3) is 0.125. The molecule has 2 amide bonds. The van der Waals surface area contributed by atoms with Crippen LogP contribution in [-0.4, -0.2) is 26.4 Å². The molecule has 1 saturated heterocycles. The number of hydrogen-bond acceptors (Lipinski definition) is 5. The number of rotatable bonds is 4. The van der Waals surface area contributed by atoms with E-state index in [1.807, 2.05) is 11.5 Å². The lowest BCUT2D eigenvalue weighted by molar-refractivity contribution is -0.385. The van der Waals surface area contributed by atoms with E-state index in [1.54, 1.807) is 32.0 Å². The molecule has 0 atom stereocenters. The van der Waals surface area contributed by atoms with Crippen LogP contribution in [0.2, 0.25) is 0 Å². The second-order valence-electron chi connectivity index (χ2n) is 7.82. The summed E-state index contributed by atoms with van der Waals surface area (Å²) < 4.78 is 15.1. The van der Waals surface area contributed by atoms with E-state index in [9.17, 15) is 24.1 Å². The lowest BCUT2D eigenvalue weighted by Gasteiger charge is -2.28. The molecule has 4 rings (SSSR count). The normalized spacial score (nSPS) is 15.1. The first-order valence-corrected chi connectivity index (χ1v) is 10.6. The van der Waals surface area contributed by atoms with Crippen molar-refractivity contribution in [3.05, 3.63) is 92.6 Å². The number of nitrogens with one attached hydrogen (secondary N) is 1. The van der Waals surface area contributed by atoms with Gasteiger partial charge in [0.2, 0.25) is 0 Å². The fourth-order valence-electron chi connectivity index (χ4n) is 3.90. The Hall–Kier alpha value is -4.18. The van der Waals surface area contributed by atoms with Gasteiger partial charge in [-0.05, 0) is 81.0 Å². The molecule has 0 saturated carbocycles. The largest absolute Gasteiger partial charge is 0.318 e. The van der Waals surface area contributed by atoms with Crippen LogP contribution in [0.5, 0.6) is 0 Å². The summed E-state index contributed by atoms with van der Waals surface area (Å²) in [5.74, 6) is -1.76. The maximum atomic E-state index is 13.3. The number of carbonyl (C=O) groups excluding carboxylic acids is 2. The van der Waals surface area contributed by atoms with Crippen LogP contribution in [0.25, 0.3) is 11.8 Å². The molecular weight excluding hydrogens is 459 g/mol. The van der Waals surface area contributed by atoms with Crippen LogP contribution in [0.3, 0.4) is 0 Å². The molecule has 0 unspecified atom stereocenters. The molecule has 1 N–H and O–H groups in total. The molecule has 1 fully saturated rings. The molecular formula is C24H19FN4O4S. The number of thiocarbonyl (C=S) groups is 1. The first kappa shape index (κ1) is 23.0. The summed E-state index contributed by atoms with van der Waals surface area (Å²) >= 11 is 5.16. The summed E-state index contributed by atoms with van der Waals surface area (Å²) in [7, 11) is 0. The van der Waals surface area contributed by atoms with Gasteiger partial charge in [-0.15, -0.1) is 0 Å². The van der Waals surface area contributed by atoms with Crippen molar-refractivity contribution >= 4 is 46.6 Å². The second-order valence-corrected chi connectivity index (χ2v) is 8.21. The highest BCUT2D eigenvalue weighted by atomic mass is 32.1. The van der Waals surface area contributed by atoms with Crippen LogP contribution in [0.15, 0.2) is 54.1 Å². The predicted octanol–water partition coefficient (Wildman–Crippen LogP) is 4.28. The van der Waals surface area contributed by atoms with Gasteiger partial charge in [0.1, 0.15) is 11.4 Å². The van der Waals surface area contributed by atoms with Crippen LogP contribution in [-0.2, 0) is 9.59 Å². The summed E-state index contributed by atoms with van der Waals surface area (Å²) in [6.45, 7) is 5.28. The molecule has 1 aromatic heterocycles. The monoisotopic (exact) mass is 478 g/mol. The number of aromatic nitrogens is 1. The molecule has 2 aromatic carbocycles. The van der Waals surface area contributed by atoms with E-state index in [0.29, 0.717) is 28.2 Å². The minimum absolute atomic E-state index is 0.00445. The predicted molar refractivity (Wildman–Crippen MR) is 129 cm³/mol. The third kappa shape index (κ3) is 3.99. The van der Waals surface area contributed by atoms with Gasteiger partial charge in [-0.1, -0.05) is 6.07 Å². The minimum atomic E-state index is -0.649. The topological polar surface area (TPSA) is 97.5 Å². The Morgan fingerprint density at radius 1 is 1.03 bits per heavy atom. The maximum absolute atomic E-state index is 13.3. The lowest BCUT2D eigenvalue weighted by Crippen LogP contribution is -2.54. The molecule has 34 heavy (non-hydrogen) atoms. The van der Waals surface area contributed by atoms with Gasteiger partial charge in [-0.3, -0.25) is 29.9 Å². The van der Waals surface area contributed by atoms with Gasteiger partial charge in [-0.25, -0.2) is 4.39 Å². The average Bonchev–Trinajstić information content (AvgIpc) is 3.05. The van der Waals surface area contributed by atoms with E-state index in [2.05, 4.69) is 5.32 Å². The zero-order valence-electron chi connectivity index (χ0n) is 18.5. The van der Waals surface area contributed by atoms with Crippen molar-refractivity contribution in [1.29, 1.82) is 0 Å². The highest BCUT2D eigenvalue weighted by Crippen LogP contribution is 2.28. The molecule has 0 spiro atoms. The second kappa shape index (κ2) is 8.64. The first-order chi connectivity index (χ1) is 16.1. The number of benzene rings is 2. The van der Waals surface area contributed by atoms with Gasteiger partial charge in [0.05, 0.1) is 16.3 Å². The Balaban J connectivity index is 1.77. The number of nitro groups is 1. The summed E-state index contributed by atoms with van der Waals surface area (Å²) in [6.07, 6.45) is 1.46. The number of nitro benzene ring substituents is 1. The molecule has 0 radical (unpaired) electrons. The highest BCUT2D eigenvalue weighted by Gasteiger charge is 2.34. The summed E-state index contributed by atoms with van der Waals surface area (Å²) in [6, 6.07) is 11.9. The zero-order chi connectivity index (χ0) is 24.7. The van der Waals surface area contributed by atoms with E-state index in [-0.39, 0.29) is 16.4 Å². The zero-order valence-corrected chi connectivity index (χ0v) is 19.3. The smallest absolute Gasteiger partial charge is 0.274 e. The molecule has 2 heterocycles. The standard InChI is InChI=1S/C24H19FN4O4S/c1-13-4-7-19(12-21(13)29(32)33)27-14(2)10-16(15(27)3)11-20-22(30)26-24(34)28(23(20)31)18-8-5-17(25)6-9-18/h4-12H,1-3H3,(H,26,30,34)/b20-11+. The maximum Gasteiger partial charge on any atom is 0.274 e. The summed E-state index contributed by atoms with van der Waals surface area (Å²) in [4.78, 5) is 37.9. The Morgan fingerprint density at radius 2 is 1.68 bits per heavy atom. The fourth-order valence-corrected chi connectivity index (χ4v) is 4.18. The van der Waals surface area contributed by atoms with Crippen LogP contribution < -0.4 is 10.2 Å². The lowest BCUT2D eigenvalue weighted by atomic mass is 10.1. The van der Waals surface area contributed by atoms with Crippen molar-refractivity contribution in [3.8, 4) is 5.69 Å². The van der Waals surface area contributed by atoms with Crippen LogP contribution in [0, 0.1) is 36.7 Å². The number of anilines is 1. The Bertz CT molecular complexity index is 1410. The number of nitrogens with zero attached hydrogens (tertiary/aromatic N) is 3. The number of amides is 2. The molecule has 8 nitrogen and oxygen atoms in total. The number of hydrogen-bond donors (Lipinski definition) is 1. The van der Waals surface area contributed by atoms with Crippen molar-refractivity contribution in [3.63, 3.8) is 0 Å². The van der Waals surface area contributed by atoms with Gasteiger partial charge in [-0.2, -0.15) is 0 Å². The van der Waals surface area contributed by atoms with Crippen molar-refractivity contribution < 1.29 is 18.9 Å². The number of halogens is 1. The molecule has 3 aromatic rings. The van der Waals surface area contributed by atoms with E-state index >= 15 is 0 Å². The molecule has 172 valence electrons. The third-order valence-electron chi connectivity index (χ3n) is 5.60. The van der Waals surface area contributed by atoms with Gasteiger partial charge in [0.25, 0.3) is 17.5 Å². The van der Waals surface area contributed by atoms with Crippen LogP contribution in [0.1, 0.15) is 22.5 Å². The van der Waals surface area contributed by atoms with Crippen LogP contribution >= 0.6 is 12.2 Å². The van der Waals surface area contributed by atoms with E-state index in [4.69, 9.17) is 12.2 Å². The molecule has 1 aliphatic rings. The Kier molecular flexibility index (Phi) is 5.84. The summed E-state index contributed by atoms with van der Waals surface area (Å²) in [5.41, 5.74) is 3.33. The SMILES string of the molecule is Cc1ccc(-n2c(C)cc(/C=C3\C(=O)NC(=S)N(c4ccc(F)cc4)C3=O)c2C)cc1[N+](=O)[O-]. The Labute approximate surface area is 199 Å². The molecule has 0 aliphatic carbocycles. The van der Waals surface area contributed by atoms with Crippen molar-refractivity contribution in [2.45, 2.75) is 20.8 Å². The number of aryl methyl sites for hydroxylation is 2. The van der Waals surface area contributed by atoms with Gasteiger partial charge < -0.3 is 4.57 Å². The van der Waals surface area contributed by atoms with Crippen molar-refractivity contribution in [1.82, 2.24) is 9.88 Å². The van der Waals surface area contributed by atoms with Gasteiger partial charge >= 0.3 is 0 Å². The highest BCUT2D eigenvalue weighted by molar-refractivity contribution is 7.80. The molecule has 0 bridgehead atoms. The van der Waals surface area contributed by atoms with Crippen LogP contribution in [0.4, 0.5) is 15.8 Å². The van der Waals surface area contributed by atoms with Crippen molar-refractivity contribution in [2.75, 3.05) is 4.90 Å². The summed E-state index contributed by atoms with van der Waals surface area (Å²) in [5, 5.41) is 13.8. The van der Waals surface area contributed by atoms with E-state index in [1.165, 1.54) is 36.4 Å². The van der Waals surface area contributed by atoms with E-state index < -0.39 is 22.6 Å². The third-order valence-corrected chi connectivity index (χ3v) is 5.89.